The van der Waals surface area contributed by atoms with Gasteiger partial charge in [0.25, 0.3) is 5.91 Å². The van der Waals surface area contributed by atoms with Gasteiger partial charge in [-0.15, -0.1) is 0 Å². The van der Waals surface area contributed by atoms with E-state index in [1.807, 2.05) is 50.2 Å². The van der Waals surface area contributed by atoms with Gasteiger partial charge in [0.05, 0.1) is 5.69 Å². The van der Waals surface area contributed by atoms with Crippen LogP contribution >= 0.6 is 15.9 Å². The highest BCUT2D eigenvalue weighted by atomic mass is 79.9. The molecule has 0 atom stereocenters. The van der Waals surface area contributed by atoms with E-state index in [0.29, 0.717) is 0 Å². The molecule has 2 aromatic rings. The monoisotopic (exact) mass is 389 g/mol. The largest absolute Gasteiger partial charge is 0.483 e. The van der Waals surface area contributed by atoms with Crippen LogP contribution in [0, 0.1) is 13.8 Å². The molecule has 1 amide bonds. The van der Waals surface area contributed by atoms with Crippen molar-refractivity contribution in [1.82, 2.24) is 0 Å². The normalized spacial score (nSPS) is 11.2. The van der Waals surface area contributed by atoms with Gasteiger partial charge in [-0.3, -0.25) is 4.79 Å². The summed E-state index contributed by atoms with van der Waals surface area (Å²) in [6, 6.07) is 11.9. The second-order valence-corrected chi connectivity index (χ2v) is 7.86. The number of benzene rings is 2. The maximum absolute atomic E-state index is 12.2. The molecule has 4 heteroatoms. The van der Waals surface area contributed by atoms with Crippen LogP contribution < -0.4 is 10.1 Å². The Balaban J connectivity index is 2.03. The molecule has 0 heterocycles. The van der Waals surface area contributed by atoms with Crippen molar-refractivity contribution < 1.29 is 9.53 Å². The minimum absolute atomic E-state index is 0.0147. The summed E-state index contributed by atoms with van der Waals surface area (Å²) in [6.07, 6.45) is 0. The highest BCUT2D eigenvalue weighted by molar-refractivity contribution is 9.10. The summed E-state index contributed by atoms with van der Waals surface area (Å²) in [5, 5.41) is 2.89. The van der Waals surface area contributed by atoms with Crippen molar-refractivity contribution in [3.63, 3.8) is 0 Å². The van der Waals surface area contributed by atoms with Gasteiger partial charge in [0.1, 0.15) is 5.75 Å². The lowest BCUT2D eigenvalue weighted by Gasteiger charge is -2.20. The second-order valence-electron chi connectivity index (χ2n) is 7.00. The van der Waals surface area contributed by atoms with Crippen molar-refractivity contribution in [3.8, 4) is 5.75 Å². The lowest BCUT2D eigenvalue weighted by Crippen LogP contribution is -2.21. The number of anilines is 1. The molecule has 1 N–H and O–H groups in total. The summed E-state index contributed by atoms with van der Waals surface area (Å²) in [5.74, 6) is 0.594. The van der Waals surface area contributed by atoms with Crippen LogP contribution in [0.25, 0.3) is 0 Å². The van der Waals surface area contributed by atoms with Gasteiger partial charge >= 0.3 is 0 Å². The van der Waals surface area contributed by atoms with Crippen molar-refractivity contribution in [1.29, 1.82) is 0 Å². The maximum atomic E-state index is 12.2. The number of halogens is 1. The average molecular weight is 390 g/mol. The minimum atomic E-state index is -0.179. The fourth-order valence-corrected chi connectivity index (χ4v) is 2.91. The Kier molecular flexibility index (Phi) is 5.70. The van der Waals surface area contributed by atoms with Crippen LogP contribution in [0.1, 0.15) is 37.5 Å². The van der Waals surface area contributed by atoms with E-state index < -0.39 is 0 Å². The first kappa shape index (κ1) is 18.5. The molecule has 128 valence electrons. The Hall–Kier alpha value is -1.81. The smallest absolute Gasteiger partial charge is 0.262 e. The lowest BCUT2D eigenvalue weighted by molar-refractivity contribution is -0.118. The first-order chi connectivity index (χ1) is 11.2. The molecule has 0 unspecified atom stereocenters. The molecular weight excluding hydrogens is 366 g/mol. The highest BCUT2D eigenvalue weighted by Gasteiger charge is 2.16. The summed E-state index contributed by atoms with van der Waals surface area (Å²) in [5.41, 5.74) is 4.07. The Labute approximate surface area is 152 Å². The zero-order valence-corrected chi connectivity index (χ0v) is 16.5. The second kappa shape index (κ2) is 7.39. The number of rotatable bonds is 4. The van der Waals surface area contributed by atoms with Gasteiger partial charge in [-0.1, -0.05) is 45.0 Å². The number of para-hydroxylation sites is 1. The molecule has 3 nitrogen and oxygen atoms in total. The van der Waals surface area contributed by atoms with E-state index in [1.54, 1.807) is 0 Å². The zero-order chi connectivity index (χ0) is 17.9. The van der Waals surface area contributed by atoms with Gasteiger partial charge in [-0.2, -0.15) is 0 Å². The van der Waals surface area contributed by atoms with E-state index in [4.69, 9.17) is 4.74 Å². The molecule has 24 heavy (non-hydrogen) atoms. The van der Waals surface area contributed by atoms with E-state index in [-0.39, 0.29) is 17.9 Å². The summed E-state index contributed by atoms with van der Waals surface area (Å²) in [4.78, 5) is 12.2. The summed E-state index contributed by atoms with van der Waals surface area (Å²) in [6.45, 7) is 10.4. The SMILES string of the molecule is Cc1cccc(C)c1OCC(=O)Nc1ccc(C(C)(C)C)cc1Br. The molecular formula is C20H24BrNO2. The summed E-state index contributed by atoms with van der Waals surface area (Å²) >= 11 is 3.53. The van der Waals surface area contributed by atoms with Crippen LogP contribution in [0.5, 0.6) is 5.75 Å². The van der Waals surface area contributed by atoms with Crippen molar-refractivity contribution in [2.45, 2.75) is 40.0 Å². The van der Waals surface area contributed by atoms with Gasteiger partial charge in [-0.05, 0) is 64.0 Å². The van der Waals surface area contributed by atoms with Crippen molar-refractivity contribution in [3.05, 3.63) is 57.6 Å². The average Bonchev–Trinajstić information content (AvgIpc) is 2.47. The lowest BCUT2D eigenvalue weighted by atomic mass is 9.87. The Morgan fingerprint density at radius 3 is 2.29 bits per heavy atom. The highest BCUT2D eigenvalue weighted by Crippen LogP contribution is 2.30. The molecule has 0 spiro atoms. The van der Waals surface area contributed by atoms with Crippen LogP contribution in [0.15, 0.2) is 40.9 Å². The van der Waals surface area contributed by atoms with Crippen LogP contribution in [0.2, 0.25) is 0 Å². The number of ether oxygens (including phenoxy) is 1. The van der Waals surface area contributed by atoms with Crippen molar-refractivity contribution in [2.24, 2.45) is 0 Å². The molecule has 0 saturated carbocycles. The van der Waals surface area contributed by atoms with E-state index in [9.17, 15) is 4.79 Å². The van der Waals surface area contributed by atoms with E-state index in [0.717, 1.165) is 27.0 Å². The number of carbonyl (C=O) groups excluding carboxylic acids is 1. The van der Waals surface area contributed by atoms with Gasteiger partial charge < -0.3 is 10.1 Å². The Bertz CT molecular complexity index is 728. The van der Waals surface area contributed by atoms with E-state index in [2.05, 4.69) is 42.0 Å². The van der Waals surface area contributed by atoms with Crippen LogP contribution in [0.4, 0.5) is 5.69 Å². The quantitative estimate of drug-likeness (QED) is 0.761. The first-order valence-electron chi connectivity index (χ1n) is 7.97. The third-order valence-electron chi connectivity index (χ3n) is 3.87. The fraction of sp³-hybridized carbons (Fsp3) is 0.350. The standard InChI is InChI=1S/C20H24BrNO2/c1-13-7-6-8-14(2)19(13)24-12-18(23)22-17-10-9-15(11-16(17)21)20(3,4)5/h6-11H,12H2,1-5H3,(H,22,23). The van der Waals surface area contributed by atoms with Crippen LogP contribution in [0.3, 0.4) is 0 Å². The van der Waals surface area contributed by atoms with E-state index >= 15 is 0 Å². The molecule has 0 fully saturated rings. The molecule has 2 rings (SSSR count). The molecule has 0 saturated heterocycles. The van der Waals surface area contributed by atoms with Crippen LogP contribution in [-0.4, -0.2) is 12.5 Å². The molecule has 0 aliphatic carbocycles. The molecule has 0 aliphatic heterocycles. The Morgan fingerprint density at radius 2 is 1.75 bits per heavy atom. The minimum Gasteiger partial charge on any atom is -0.483 e. The number of hydrogen-bond donors (Lipinski definition) is 1. The summed E-state index contributed by atoms with van der Waals surface area (Å²) in [7, 11) is 0. The fourth-order valence-electron chi connectivity index (χ4n) is 2.43. The molecule has 0 radical (unpaired) electrons. The summed E-state index contributed by atoms with van der Waals surface area (Å²) < 4.78 is 6.56. The molecule has 0 aliphatic rings. The zero-order valence-electron chi connectivity index (χ0n) is 14.9. The van der Waals surface area contributed by atoms with Crippen molar-refractivity contribution in [2.75, 3.05) is 11.9 Å². The van der Waals surface area contributed by atoms with Gasteiger partial charge in [-0.25, -0.2) is 0 Å². The number of aryl methyl sites for hydroxylation is 2. The van der Waals surface area contributed by atoms with Gasteiger partial charge in [0.2, 0.25) is 0 Å². The molecule has 0 bridgehead atoms. The molecule has 0 aromatic heterocycles. The first-order valence-corrected chi connectivity index (χ1v) is 8.76. The Morgan fingerprint density at radius 1 is 1.12 bits per heavy atom. The molecule has 2 aromatic carbocycles. The van der Waals surface area contributed by atoms with Gasteiger partial charge in [0.15, 0.2) is 6.61 Å². The number of carbonyl (C=O) groups is 1. The van der Waals surface area contributed by atoms with Crippen molar-refractivity contribution >= 4 is 27.5 Å². The predicted molar refractivity (Wildman–Crippen MR) is 103 cm³/mol. The number of nitrogens with one attached hydrogen (secondary N) is 1. The topological polar surface area (TPSA) is 38.3 Å². The predicted octanol–water partition coefficient (Wildman–Crippen LogP) is 5.38. The van der Waals surface area contributed by atoms with E-state index in [1.165, 1.54) is 5.56 Å². The number of amides is 1. The third kappa shape index (κ3) is 4.60. The third-order valence-corrected chi connectivity index (χ3v) is 4.52. The maximum Gasteiger partial charge on any atom is 0.262 e. The number of hydrogen-bond acceptors (Lipinski definition) is 2. The van der Waals surface area contributed by atoms with Crippen LogP contribution in [-0.2, 0) is 10.2 Å². The van der Waals surface area contributed by atoms with Gasteiger partial charge in [0, 0.05) is 4.47 Å².